The summed E-state index contributed by atoms with van der Waals surface area (Å²) in [6, 6.07) is 0. The molecule has 0 aliphatic carbocycles. The molecule has 0 saturated heterocycles. The number of rotatable bonds is 9. The fourth-order valence-corrected chi connectivity index (χ4v) is 2.37. The van der Waals surface area contributed by atoms with Gasteiger partial charge in [-0.1, -0.05) is 12.2 Å². The van der Waals surface area contributed by atoms with Gasteiger partial charge in [0.25, 0.3) is 0 Å². The standard InChI is InChI=1S/C12H20O3S/c1-5-7-12(11(4)14,16-8-6-2)15-10(3)9-13/h5-6,9-11,14H,1-2,7-8H2,3-4H3/t10-,11-,12-/m0/s1. The second kappa shape index (κ2) is 7.65. The summed E-state index contributed by atoms with van der Waals surface area (Å²) in [7, 11) is 0. The second-order valence-electron chi connectivity index (χ2n) is 3.54. The van der Waals surface area contributed by atoms with Crippen LogP contribution in [0.5, 0.6) is 0 Å². The third kappa shape index (κ3) is 4.51. The highest BCUT2D eigenvalue weighted by molar-refractivity contribution is 8.00. The normalized spacial score (nSPS) is 18.2. The van der Waals surface area contributed by atoms with Crippen LogP contribution in [0.25, 0.3) is 0 Å². The van der Waals surface area contributed by atoms with Gasteiger partial charge in [0, 0.05) is 12.2 Å². The summed E-state index contributed by atoms with van der Waals surface area (Å²) < 4.78 is 5.62. The number of carbonyl (C=O) groups is 1. The molecule has 92 valence electrons. The SMILES string of the molecule is C=CCS[C@](CC=C)(O[C@@H](C)C=O)[C@H](C)O. The molecule has 0 heterocycles. The molecule has 0 unspecified atom stereocenters. The summed E-state index contributed by atoms with van der Waals surface area (Å²) in [5, 5.41) is 9.82. The van der Waals surface area contributed by atoms with Crippen LogP contribution in [-0.2, 0) is 9.53 Å². The highest BCUT2D eigenvalue weighted by Gasteiger charge is 2.37. The van der Waals surface area contributed by atoms with Crippen molar-refractivity contribution in [1.82, 2.24) is 0 Å². The number of thioether (sulfide) groups is 1. The Kier molecular flexibility index (Phi) is 7.38. The Hall–Kier alpha value is -0.580. The number of hydrogen-bond acceptors (Lipinski definition) is 4. The summed E-state index contributed by atoms with van der Waals surface area (Å²) in [6.07, 6.45) is 3.36. The summed E-state index contributed by atoms with van der Waals surface area (Å²) in [6.45, 7) is 10.6. The zero-order valence-electron chi connectivity index (χ0n) is 9.89. The van der Waals surface area contributed by atoms with Gasteiger partial charge in [0.1, 0.15) is 17.3 Å². The number of carbonyl (C=O) groups excluding carboxylic acids is 1. The van der Waals surface area contributed by atoms with E-state index in [1.165, 1.54) is 11.8 Å². The molecular formula is C12H20O3S. The first kappa shape index (κ1) is 15.4. The Morgan fingerprint density at radius 3 is 2.44 bits per heavy atom. The fraction of sp³-hybridized carbons (Fsp3) is 0.583. The lowest BCUT2D eigenvalue weighted by Crippen LogP contribution is -2.42. The zero-order chi connectivity index (χ0) is 12.6. The molecule has 0 amide bonds. The van der Waals surface area contributed by atoms with E-state index in [0.29, 0.717) is 18.5 Å². The van der Waals surface area contributed by atoms with Crippen LogP contribution in [0.4, 0.5) is 0 Å². The molecule has 0 aliphatic heterocycles. The van der Waals surface area contributed by atoms with Gasteiger partial charge in [-0.25, -0.2) is 0 Å². The smallest absolute Gasteiger partial charge is 0.148 e. The largest absolute Gasteiger partial charge is 0.389 e. The van der Waals surface area contributed by atoms with Crippen LogP contribution in [0, 0.1) is 0 Å². The van der Waals surface area contributed by atoms with Crippen LogP contribution < -0.4 is 0 Å². The Bertz CT molecular complexity index is 240. The topological polar surface area (TPSA) is 46.5 Å². The van der Waals surface area contributed by atoms with Crippen molar-refractivity contribution in [3.8, 4) is 0 Å². The average molecular weight is 244 g/mol. The molecule has 4 heteroatoms. The molecule has 3 nitrogen and oxygen atoms in total. The van der Waals surface area contributed by atoms with E-state index in [2.05, 4.69) is 13.2 Å². The molecule has 0 aromatic rings. The molecule has 0 saturated carbocycles. The lowest BCUT2D eigenvalue weighted by molar-refractivity contribution is -0.129. The van der Waals surface area contributed by atoms with Crippen molar-refractivity contribution in [3.05, 3.63) is 25.3 Å². The molecular weight excluding hydrogens is 224 g/mol. The molecule has 0 spiro atoms. The van der Waals surface area contributed by atoms with Crippen molar-refractivity contribution in [1.29, 1.82) is 0 Å². The Morgan fingerprint density at radius 1 is 1.44 bits per heavy atom. The van der Waals surface area contributed by atoms with Crippen LogP contribution in [-0.4, -0.2) is 34.3 Å². The van der Waals surface area contributed by atoms with Crippen molar-refractivity contribution >= 4 is 18.0 Å². The van der Waals surface area contributed by atoms with Crippen molar-refractivity contribution in [2.75, 3.05) is 5.75 Å². The van der Waals surface area contributed by atoms with E-state index in [-0.39, 0.29) is 0 Å². The number of aldehydes is 1. The predicted molar refractivity (Wildman–Crippen MR) is 68.5 cm³/mol. The van der Waals surface area contributed by atoms with Crippen LogP contribution in [0.2, 0.25) is 0 Å². The molecule has 0 rings (SSSR count). The molecule has 0 aromatic heterocycles. The van der Waals surface area contributed by atoms with Crippen molar-refractivity contribution in [2.24, 2.45) is 0 Å². The quantitative estimate of drug-likeness (QED) is 0.383. The molecule has 0 radical (unpaired) electrons. The molecule has 0 bridgehead atoms. The van der Waals surface area contributed by atoms with Gasteiger partial charge in [-0.2, -0.15) is 0 Å². The van der Waals surface area contributed by atoms with E-state index < -0.39 is 17.1 Å². The van der Waals surface area contributed by atoms with Crippen LogP contribution in [0.3, 0.4) is 0 Å². The maximum absolute atomic E-state index is 10.6. The summed E-state index contributed by atoms with van der Waals surface area (Å²) in [4.78, 5) is 9.80. The Labute approximate surface area is 102 Å². The molecule has 0 fully saturated rings. The first-order valence-electron chi connectivity index (χ1n) is 5.19. The minimum Gasteiger partial charge on any atom is -0.389 e. The maximum atomic E-state index is 10.6. The van der Waals surface area contributed by atoms with Crippen molar-refractivity contribution in [3.63, 3.8) is 0 Å². The summed E-state index contributed by atoms with van der Waals surface area (Å²) in [5.41, 5.74) is 0. The second-order valence-corrected chi connectivity index (χ2v) is 4.85. The van der Waals surface area contributed by atoms with Gasteiger partial charge in [-0.15, -0.1) is 24.9 Å². The minimum atomic E-state index is -0.823. The summed E-state index contributed by atoms with van der Waals surface area (Å²) >= 11 is 1.42. The molecule has 0 aromatic carbocycles. The predicted octanol–water partition coefficient (Wildman–Crippen LogP) is 2.16. The monoisotopic (exact) mass is 244 g/mol. The molecule has 16 heavy (non-hydrogen) atoms. The number of aliphatic hydroxyl groups excluding tert-OH is 1. The van der Waals surface area contributed by atoms with Gasteiger partial charge in [0.2, 0.25) is 0 Å². The van der Waals surface area contributed by atoms with Gasteiger partial charge < -0.3 is 14.6 Å². The van der Waals surface area contributed by atoms with Crippen LogP contribution in [0.15, 0.2) is 25.3 Å². The third-order valence-electron chi connectivity index (χ3n) is 2.09. The van der Waals surface area contributed by atoms with E-state index in [1.54, 1.807) is 26.0 Å². The Balaban J connectivity index is 4.82. The third-order valence-corrected chi connectivity index (χ3v) is 3.58. The first-order chi connectivity index (χ1) is 7.52. The van der Waals surface area contributed by atoms with E-state index in [9.17, 15) is 9.90 Å². The highest BCUT2D eigenvalue weighted by Crippen LogP contribution is 2.35. The Morgan fingerprint density at radius 2 is 2.06 bits per heavy atom. The van der Waals surface area contributed by atoms with E-state index in [4.69, 9.17) is 4.74 Å². The molecule has 3 atom stereocenters. The number of ether oxygens (including phenoxy) is 1. The lowest BCUT2D eigenvalue weighted by Gasteiger charge is -2.36. The minimum absolute atomic E-state index is 0.474. The van der Waals surface area contributed by atoms with Gasteiger partial charge >= 0.3 is 0 Å². The van der Waals surface area contributed by atoms with Crippen molar-refractivity contribution in [2.45, 2.75) is 37.4 Å². The lowest BCUT2D eigenvalue weighted by atomic mass is 10.1. The molecule has 1 N–H and O–H groups in total. The van der Waals surface area contributed by atoms with Gasteiger partial charge in [0.15, 0.2) is 0 Å². The van der Waals surface area contributed by atoms with Crippen LogP contribution in [0.1, 0.15) is 20.3 Å². The van der Waals surface area contributed by atoms with Gasteiger partial charge in [-0.3, -0.25) is 0 Å². The van der Waals surface area contributed by atoms with Gasteiger partial charge in [-0.05, 0) is 13.8 Å². The van der Waals surface area contributed by atoms with E-state index in [1.807, 2.05) is 0 Å². The van der Waals surface area contributed by atoms with E-state index >= 15 is 0 Å². The zero-order valence-corrected chi connectivity index (χ0v) is 10.7. The van der Waals surface area contributed by atoms with Gasteiger partial charge in [0.05, 0.1) is 6.10 Å². The maximum Gasteiger partial charge on any atom is 0.148 e. The fourth-order valence-electron chi connectivity index (χ4n) is 1.27. The average Bonchev–Trinajstić information content (AvgIpc) is 2.25. The molecule has 0 aliphatic rings. The highest BCUT2D eigenvalue weighted by atomic mass is 32.2. The summed E-state index contributed by atoms with van der Waals surface area (Å²) in [5.74, 6) is 0.643. The van der Waals surface area contributed by atoms with Crippen LogP contribution >= 0.6 is 11.8 Å². The first-order valence-corrected chi connectivity index (χ1v) is 6.18. The van der Waals surface area contributed by atoms with E-state index in [0.717, 1.165) is 0 Å². The number of hydrogen-bond donors (Lipinski definition) is 1. The van der Waals surface area contributed by atoms with Crippen molar-refractivity contribution < 1.29 is 14.6 Å². The number of aliphatic hydroxyl groups is 1.